The molecular weight excluding hydrogens is 336 g/mol. The summed E-state index contributed by atoms with van der Waals surface area (Å²) in [4.78, 5) is 35.6. The van der Waals surface area contributed by atoms with Crippen LogP contribution in [0.4, 0.5) is 5.82 Å². The average molecular weight is 354 g/mol. The van der Waals surface area contributed by atoms with Gasteiger partial charge in [-0.05, 0) is 44.4 Å². The summed E-state index contributed by atoms with van der Waals surface area (Å²) in [5.74, 6) is 1.09. The number of hydrogen-bond acceptors (Lipinski definition) is 5. The Kier molecular flexibility index (Phi) is 3.88. The van der Waals surface area contributed by atoms with Crippen LogP contribution < -0.4 is 10.9 Å². The van der Waals surface area contributed by atoms with Crippen LogP contribution in [-0.2, 0) is 13.0 Å². The summed E-state index contributed by atoms with van der Waals surface area (Å²) in [6.45, 7) is 4.40. The molecule has 0 spiro atoms. The van der Waals surface area contributed by atoms with Gasteiger partial charge in [-0.1, -0.05) is 6.07 Å². The molecule has 0 saturated carbocycles. The van der Waals surface area contributed by atoms with Gasteiger partial charge in [0.15, 0.2) is 0 Å². The Labute approximate surface area is 148 Å². The zero-order valence-corrected chi connectivity index (χ0v) is 14.9. The molecule has 3 aromatic heterocycles. The summed E-state index contributed by atoms with van der Waals surface area (Å²) in [6.07, 6.45) is 2.86. The summed E-state index contributed by atoms with van der Waals surface area (Å²) >= 11 is 1.28. The minimum Gasteiger partial charge on any atom is -0.306 e. The smallest absolute Gasteiger partial charge is 0.267 e. The molecule has 0 aliphatic carbocycles. The molecule has 3 aromatic rings. The van der Waals surface area contributed by atoms with Crippen LogP contribution >= 0.6 is 11.3 Å². The summed E-state index contributed by atoms with van der Waals surface area (Å²) in [5, 5.41) is 3.38. The Bertz CT molecular complexity index is 1050. The molecule has 25 heavy (non-hydrogen) atoms. The van der Waals surface area contributed by atoms with Crippen LogP contribution in [0.1, 0.15) is 39.6 Å². The molecule has 7 heteroatoms. The van der Waals surface area contributed by atoms with Gasteiger partial charge in [0.05, 0.1) is 10.3 Å². The number of carbonyl (C=O) groups excluding carboxylic acids is 1. The molecule has 1 amide bonds. The van der Waals surface area contributed by atoms with Gasteiger partial charge in [0.2, 0.25) is 0 Å². The molecular formula is C18H18N4O2S. The van der Waals surface area contributed by atoms with Crippen LogP contribution in [0.5, 0.6) is 0 Å². The predicted octanol–water partition coefficient (Wildman–Crippen LogP) is 3.06. The third-order valence-corrected chi connectivity index (χ3v) is 5.68. The lowest BCUT2D eigenvalue weighted by Gasteiger charge is -2.16. The number of amides is 1. The second-order valence-corrected chi connectivity index (χ2v) is 7.30. The minimum absolute atomic E-state index is 0.0267. The molecule has 0 radical (unpaired) electrons. The van der Waals surface area contributed by atoms with E-state index in [0.717, 1.165) is 30.8 Å². The number of pyridine rings is 1. The first-order valence-corrected chi connectivity index (χ1v) is 9.14. The lowest BCUT2D eigenvalue weighted by molar-refractivity contribution is 0.102. The maximum absolute atomic E-state index is 12.8. The first kappa shape index (κ1) is 16.0. The molecule has 0 bridgehead atoms. The summed E-state index contributed by atoms with van der Waals surface area (Å²) in [5.41, 5.74) is 1.50. The molecule has 0 fully saturated rings. The van der Waals surface area contributed by atoms with Crippen LogP contribution in [0.15, 0.2) is 23.0 Å². The van der Waals surface area contributed by atoms with Crippen molar-refractivity contribution in [1.82, 2.24) is 14.5 Å². The highest BCUT2D eigenvalue weighted by Gasteiger charge is 2.22. The third kappa shape index (κ3) is 2.74. The SMILES string of the molecule is Cc1cccc(NC(=O)c2sc3nc4n(c(=O)c3c2C)CCCC4)n1. The van der Waals surface area contributed by atoms with E-state index < -0.39 is 0 Å². The highest BCUT2D eigenvalue weighted by atomic mass is 32.1. The number of hydrogen-bond donors (Lipinski definition) is 1. The van der Waals surface area contributed by atoms with Gasteiger partial charge in [0.25, 0.3) is 11.5 Å². The van der Waals surface area contributed by atoms with Crippen LogP contribution in [0, 0.1) is 13.8 Å². The highest BCUT2D eigenvalue weighted by Crippen LogP contribution is 2.29. The van der Waals surface area contributed by atoms with Gasteiger partial charge in [-0.15, -0.1) is 11.3 Å². The molecule has 0 saturated heterocycles. The number of fused-ring (bicyclic) bond motifs is 2. The van der Waals surface area contributed by atoms with Gasteiger partial charge in [0, 0.05) is 18.7 Å². The fraction of sp³-hybridized carbons (Fsp3) is 0.333. The van der Waals surface area contributed by atoms with Crippen molar-refractivity contribution in [2.45, 2.75) is 39.7 Å². The Morgan fingerprint density at radius 2 is 2.08 bits per heavy atom. The number of aromatic nitrogens is 3. The number of anilines is 1. The molecule has 1 N–H and O–H groups in total. The van der Waals surface area contributed by atoms with Crippen molar-refractivity contribution < 1.29 is 4.79 Å². The van der Waals surface area contributed by atoms with E-state index in [-0.39, 0.29) is 11.5 Å². The Hall–Kier alpha value is -2.54. The lowest BCUT2D eigenvalue weighted by atomic mass is 10.1. The molecule has 0 unspecified atom stereocenters. The van der Waals surface area contributed by atoms with Crippen LogP contribution in [-0.4, -0.2) is 20.4 Å². The number of carbonyl (C=O) groups is 1. The molecule has 6 nitrogen and oxygen atoms in total. The first-order valence-electron chi connectivity index (χ1n) is 8.32. The number of nitrogens with zero attached hydrogens (tertiary/aromatic N) is 3. The summed E-state index contributed by atoms with van der Waals surface area (Å²) < 4.78 is 1.76. The van der Waals surface area contributed by atoms with E-state index in [2.05, 4.69) is 15.3 Å². The quantitative estimate of drug-likeness (QED) is 0.767. The molecule has 0 aromatic carbocycles. The summed E-state index contributed by atoms with van der Waals surface area (Å²) in [6, 6.07) is 5.47. The monoisotopic (exact) mass is 354 g/mol. The Morgan fingerprint density at radius 3 is 2.88 bits per heavy atom. The number of thiophene rings is 1. The van der Waals surface area contributed by atoms with E-state index in [0.29, 0.717) is 33.0 Å². The second kappa shape index (κ2) is 6.07. The third-order valence-electron chi connectivity index (χ3n) is 4.50. The number of nitrogens with one attached hydrogen (secondary N) is 1. The van der Waals surface area contributed by atoms with Crippen molar-refractivity contribution in [3.05, 3.63) is 50.5 Å². The largest absolute Gasteiger partial charge is 0.306 e. The van der Waals surface area contributed by atoms with E-state index in [1.54, 1.807) is 10.6 Å². The zero-order valence-electron chi connectivity index (χ0n) is 14.1. The van der Waals surface area contributed by atoms with Gasteiger partial charge in [-0.3, -0.25) is 14.2 Å². The van der Waals surface area contributed by atoms with Crippen molar-refractivity contribution in [2.24, 2.45) is 0 Å². The van der Waals surface area contributed by atoms with Crippen molar-refractivity contribution in [3.63, 3.8) is 0 Å². The number of aryl methyl sites for hydroxylation is 3. The van der Waals surface area contributed by atoms with Gasteiger partial charge in [-0.2, -0.15) is 0 Å². The van der Waals surface area contributed by atoms with Crippen molar-refractivity contribution in [2.75, 3.05) is 5.32 Å². The van der Waals surface area contributed by atoms with Crippen LogP contribution in [0.3, 0.4) is 0 Å². The van der Waals surface area contributed by atoms with E-state index in [9.17, 15) is 9.59 Å². The van der Waals surface area contributed by atoms with Crippen molar-refractivity contribution in [1.29, 1.82) is 0 Å². The van der Waals surface area contributed by atoms with Gasteiger partial charge in [-0.25, -0.2) is 9.97 Å². The summed E-state index contributed by atoms with van der Waals surface area (Å²) in [7, 11) is 0. The second-order valence-electron chi connectivity index (χ2n) is 6.30. The van der Waals surface area contributed by atoms with E-state index in [1.807, 2.05) is 26.0 Å². The lowest BCUT2D eigenvalue weighted by Crippen LogP contribution is -2.28. The first-order chi connectivity index (χ1) is 12.0. The zero-order chi connectivity index (χ0) is 17.6. The maximum Gasteiger partial charge on any atom is 0.267 e. The molecule has 1 aliphatic heterocycles. The van der Waals surface area contributed by atoms with Crippen LogP contribution in [0.25, 0.3) is 10.2 Å². The fourth-order valence-electron chi connectivity index (χ4n) is 3.24. The van der Waals surface area contributed by atoms with Gasteiger partial charge < -0.3 is 5.32 Å². The minimum atomic E-state index is -0.249. The topological polar surface area (TPSA) is 76.9 Å². The van der Waals surface area contributed by atoms with E-state index in [1.165, 1.54) is 11.3 Å². The Morgan fingerprint density at radius 1 is 1.24 bits per heavy atom. The molecule has 128 valence electrons. The standard InChI is InChI=1S/C18H18N4O2S/c1-10-6-5-7-12(19-10)20-16(23)15-11(2)14-17(25-15)21-13-8-3-4-9-22(13)18(14)24/h5-7H,3-4,8-9H2,1-2H3,(H,19,20,23). The number of rotatable bonds is 2. The van der Waals surface area contributed by atoms with Crippen LogP contribution in [0.2, 0.25) is 0 Å². The van der Waals surface area contributed by atoms with Crippen molar-refractivity contribution in [3.8, 4) is 0 Å². The Balaban J connectivity index is 1.78. The van der Waals surface area contributed by atoms with Crippen molar-refractivity contribution >= 4 is 33.3 Å². The molecule has 4 heterocycles. The highest BCUT2D eigenvalue weighted by molar-refractivity contribution is 7.20. The molecule has 4 rings (SSSR count). The molecule has 1 aliphatic rings. The average Bonchev–Trinajstić information content (AvgIpc) is 2.92. The fourth-order valence-corrected chi connectivity index (χ4v) is 4.32. The van der Waals surface area contributed by atoms with E-state index in [4.69, 9.17) is 0 Å². The maximum atomic E-state index is 12.8. The molecule has 0 atom stereocenters. The van der Waals surface area contributed by atoms with Gasteiger partial charge >= 0.3 is 0 Å². The normalized spacial score (nSPS) is 13.7. The van der Waals surface area contributed by atoms with Gasteiger partial charge in [0.1, 0.15) is 16.5 Å². The predicted molar refractivity (Wildman–Crippen MR) is 98.5 cm³/mol. The van der Waals surface area contributed by atoms with E-state index >= 15 is 0 Å².